The van der Waals surface area contributed by atoms with Gasteiger partial charge in [-0.05, 0) is 46.4 Å². The summed E-state index contributed by atoms with van der Waals surface area (Å²) in [5.74, 6) is 0. The predicted octanol–water partition coefficient (Wildman–Crippen LogP) is 4.85. The summed E-state index contributed by atoms with van der Waals surface area (Å²) in [6, 6.07) is 23.9. The molecule has 0 spiro atoms. The van der Waals surface area contributed by atoms with Gasteiger partial charge >= 0.3 is 0 Å². The van der Waals surface area contributed by atoms with Crippen molar-refractivity contribution in [2.24, 2.45) is 0 Å². The topological polar surface area (TPSA) is 12.0 Å². The van der Waals surface area contributed by atoms with Gasteiger partial charge in [-0.1, -0.05) is 48.5 Å². The summed E-state index contributed by atoms with van der Waals surface area (Å²) in [5.41, 5.74) is 2.66. The lowest BCUT2D eigenvalue weighted by Gasteiger charge is -2.07. The lowest BCUT2D eigenvalue weighted by Crippen LogP contribution is -2.12. The number of rotatable bonds is 5. The van der Waals surface area contributed by atoms with Crippen LogP contribution in [0, 0.1) is 0 Å². The summed E-state index contributed by atoms with van der Waals surface area (Å²) >= 11 is 1.78. The second kappa shape index (κ2) is 6.79. The summed E-state index contributed by atoms with van der Waals surface area (Å²) in [4.78, 5) is 1.31. The number of fused-ring (bicyclic) bond motifs is 1. The van der Waals surface area contributed by atoms with Crippen LogP contribution in [0.4, 0.5) is 0 Å². The molecule has 0 aliphatic carbocycles. The first kappa shape index (κ1) is 14.2. The minimum absolute atomic E-state index is 0.898. The van der Waals surface area contributed by atoms with Crippen molar-refractivity contribution >= 4 is 22.5 Å². The van der Waals surface area contributed by atoms with E-state index in [1.54, 1.807) is 11.8 Å². The van der Waals surface area contributed by atoms with E-state index in [0.29, 0.717) is 0 Å². The first-order valence-corrected chi connectivity index (χ1v) is 8.39. The number of benzene rings is 3. The summed E-state index contributed by atoms with van der Waals surface area (Å²) in [6.45, 7) is 1.80. The molecule has 0 aliphatic heterocycles. The van der Waals surface area contributed by atoms with Crippen molar-refractivity contribution in [1.29, 1.82) is 0 Å². The van der Waals surface area contributed by atoms with Gasteiger partial charge in [0.15, 0.2) is 0 Å². The molecule has 0 saturated carbocycles. The quantitative estimate of drug-likeness (QED) is 0.675. The molecule has 0 saturated heterocycles. The highest BCUT2D eigenvalue weighted by Crippen LogP contribution is 2.16. The molecule has 0 heterocycles. The zero-order chi connectivity index (χ0) is 14.5. The minimum Gasteiger partial charge on any atom is -0.309 e. The molecule has 0 atom stereocenters. The SMILES string of the molecule is CSc1ccc(CNCc2ccc3ccccc3c2)cc1. The normalized spacial score (nSPS) is 10.9. The van der Waals surface area contributed by atoms with Crippen molar-refractivity contribution in [3.63, 3.8) is 0 Å². The molecule has 3 aromatic carbocycles. The number of thioether (sulfide) groups is 1. The summed E-state index contributed by atoms with van der Waals surface area (Å²) in [5, 5.41) is 6.12. The van der Waals surface area contributed by atoms with Gasteiger partial charge in [-0.2, -0.15) is 0 Å². The Labute approximate surface area is 130 Å². The van der Waals surface area contributed by atoms with Crippen LogP contribution < -0.4 is 5.32 Å². The summed E-state index contributed by atoms with van der Waals surface area (Å²) < 4.78 is 0. The molecule has 0 radical (unpaired) electrons. The lowest BCUT2D eigenvalue weighted by molar-refractivity contribution is 0.693. The van der Waals surface area contributed by atoms with Crippen LogP contribution >= 0.6 is 11.8 Å². The molecule has 0 amide bonds. The number of hydrogen-bond acceptors (Lipinski definition) is 2. The molecule has 0 aliphatic rings. The van der Waals surface area contributed by atoms with Gasteiger partial charge in [-0.25, -0.2) is 0 Å². The Morgan fingerprint density at radius 3 is 2.19 bits per heavy atom. The Bertz CT molecular complexity index is 719. The van der Waals surface area contributed by atoms with E-state index in [2.05, 4.69) is 78.3 Å². The van der Waals surface area contributed by atoms with E-state index in [-0.39, 0.29) is 0 Å². The van der Waals surface area contributed by atoms with Gasteiger partial charge in [-0.3, -0.25) is 0 Å². The summed E-state index contributed by atoms with van der Waals surface area (Å²) in [6.07, 6.45) is 2.10. The standard InChI is InChI=1S/C19H19NS/c1-21-19-10-7-15(8-11-19)13-20-14-16-6-9-17-4-2-3-5-18(17)12-16/h2-12,20H,13-14H2,1H3. The highest BCUT2D eigenvalue weighted by Gasteiger charge is 1.97. The molecule has 0 unspecified atom stereocenters. The first-order valence-electron chi connectivity index (χ1n) is 7.16. The average molecular weight is 293 g/mol. The zero-order valence-corrected chi connectivity index (χ0v) is 13.0. The van der Waals surface area contributed by atoms with E-state index in [1.165, 1.54) is 26.8 Å². The largest absolute Gasteiger partial charge is 0.309 e. The molecular weight excluding hydrogens is 274 g/mol. The zero-order valence-electron chi connectivity index (χ0n) is 12.2. The monoisotopic (exact) mass is 293 g/mol. The highest BCUT2D eigenvalue weighted by atomic mass is 32.2. The lowest BCUT2D eigenvalue weighted by atomic mass is 10.1. The third-order valence-corrected chi connectivity index (χ3v) is 4.37. The molecule has 3 aromatic rings. The number of nitrogens with one attached hydrogen (secondary N) is 1. The minimum atomic E-state index is 0.898. The fraction of sp³-hybridized carbons (Fsp3) is 0.158. The molecule has 106 valence electrons. The van der Waals surface area contributed by atoms with Gasteiger partial charge < -0.3 is 5.32 Å². The van der Waals surface area contributed by atoms with Gasteiger partial charge in [0.1, 0.15) is 0 Å². The molecule has 2 heteroatoms. The van der Waals surface area contributed by atoms with E-state index < -0.39 is 0 Å². The first-order chi connectivity index (χ1) is 10.3. The smallest absolute Gasteiger partial charge is 0.0208 e. The van der Waals surface area contributed by atoms with E-state index >= 15 is 0 Å². The van der Waals surface area contributed by atoms with Crippen LogP contribution in [0.25, 0.3) is 10.8 Å². The third kappa shape index (κ3) is 3.66. The van der Waals surface area contributed by atoms with Crippen molar-refractivity contribution in [3.05, 3.63) is 77.9 Å². The van der Waals surface area contributed by atoms with E-state index in [4.69, 9.17) is 0 Å². The second-order valence-corrected chi connectivity index (χ2v) is 6.01. The molecule has 21 heavy (non-hydrogen) atoms. The molecule has 0 aromatic heterocycles. The fourth-order valence-electron chi connectivity index (χ4n) is 2.44. The van der Waals surface area contributed by atoms with Crippen molar-refractivity contribution in [2.75, 3.05) is 6.26 Å². The molecule has 3 rings (SSSR count). The Morgan fingerprint density at radius 2 is 1.43 bits per heavy atom. The van der Waals surface area contributed by atoms with Crippen LogP contribution in [0.1, 0.15) is 11.1 Å². The van der Waals surface area contributed by atoms with Crippen LogP contribution in [0.15, 0.2) is 71.6 Å². The third-order valence-electron chi connectivity index (χ3n) is 3.63. The fourth-order valence-corrected chi connectivity index (χ4v) is 2.85. The van der Waals surface area contributed by atoms with Crippen LogP contribution in [0.3, 0.4) is 0 Å². The summed E-state index contributed by atoms with van der Waals surface area (Å²) in [7, 11) is 0. The molecule has 0 bridgehead atoms. The van der Waals surface area contributed by atoms with Crippen LogP contribution in [-0.4, -0.2) is 6.26 Å². The maximum absolute atomic E-state index is 3.51. The average Bonchev–Trinajstić information content (AvgIpc) is 2.55. The van der Waals surface area contributed by atoms with E-state index in [0.717, 1.165) is 13.1 Å². The molecular formula is C19H19NS. The Kier molecular flexibility index (Phi) is 4.59. The molecule has 1 N–H and O–H groups in total. The van der Waals surface area contributed by atoms with Crippen molar-refractivity contribution < 1.29 is 0 Å². The van der Waals surface area contributed by atoms with Crippen molar-refractivity contribution in [1.82, 2.24) is 5.32 Å². The maximum Gasteiger partial charge on any atom is 0.0208 e. The van der Waals surface area contributed by atoms with Gasteiger partial charge in [0.25, 0.3) is 0 Å². The van der Waals surface area contributed by atoms with Gasteiger partial charge in [0, 0.05) is 18.0 Å². The second-order valence-electron chi connectivity index (χ2n) is 5.13. The maximum atomic E-state index is 3.51. The van der Waals surface area contributed by atoms with Gasteiger partial charge in [-0.15, -0.1) is 11.8 Å². The van der Waals surface area contributed by atoms with Gasteiger partial charge in [0.2, 0.25) is 0 Å². The van der Waals surface area contributed by atoms with Crippen molar-refractivity contribution in [3.8, 4) is 0 Å². The molecule has 0 fully saturated rings. The Balaban J connectivity index is 1.60. The number of hydrogen-bond donors (Lipinski definition) is 1. The highest BCUT2D eigenvalue weighted by molar-refractivity contribution is 7.98. The van der Waals surface area contributed by atoms with Crippen LogP contribution in [0.2, 0.25) is 0 Å². The van der Waals surface area contributed by atoms with Crippen LogP contribution in [-0.2, 0) is 13.1 Å². The van der Waals surface area contributed by atoms with E-state index in [1.807, 2.05) is 0 Å². The Morgan fingerprint density at radius 1 is 0.762 bits per heavy atom. The van der Waals surface area contributed by atoms with Gasteiger partial charge in [0.05, 0.1) is 0 Å². The Hall–Kier alpha value is -1.77. The molecule has 1 nitrogen and oxygen atoms in total. The predicted molar refractivity (Wildman–Crippen MR) is 92.7 cm³/mol. The van der Waals surface area contributed by atoms with Crippen LogP contribution in [0.5, 0.6) is 0 Å². The van der Waals surface area contributed by atoms with Crippen molar-refractivity contribution in [2.45, 2.75) is 18.0 Å². The van der Waals surface area contributed by atoms with E-state index in [9.17, 15) is 0 Å².